The molecule has 0 unspecified atom stereocenters. The Balaban J connectivity index is 1.52. The maximum absolute atomic E-state index is 12.7. The zero-order valence-corrected chi connectivity index (χ0v) is 15.9. The van der Waals surface area contributed by atoms with E-state index in [1.165, 1.54) is 6.42 Å². The Morgan fingerprint density at radius 2 is 1.60 bits per heavy atom. The highest BCUT2D eigenvalue weighted by Crippen LogP contribution is 2.33. The predicted octanol–water partition coefficient (Wildman–Crippen LogP) is 3.45. The Morgan fingerprint density at radius 3 is 2.28 bits per heavy atom. The van der Waals surface area contributed by atoms with E-state index in [0.29, 0.717) is 17.7 Å². The van der Waals surface area contributed by atoms with Crippen LogP contribution in [0, 0.1) is 17.8 Å². The zero-order chi connectivity index (χ0) is 18.0. The monoisotopic (exact) mass is 348 g/mol. The van der Waals surface area contributed by atoms with Crippen molar-refractivity contribution in [1.82, 2.24) is 9.80 Å². The molecule has 3 rings (SSSR count). The second-order valence-electron chi connectivity index (χ2n) is 8.80. The van der Waals surface area contributed by atoms with Gasteiger partial charge in [0.25, 0.3) is 0 Å². The molecule has 0 aromatic rings. The van der Waals surface area contributed by atoms with Crippen LogP contribution in [0.1, 0.15) is 52.9 Å². The summed E-state index contributed by atoms with van der Waals surface area (Å²) < 4.78 is 5.50. The summed E-state index contributed by atoms with van der Waals surface area (Å²) in [4.78, 5) is 28.9. The van der Waals surface area contributed by atoms with E-state index < -0.39 is 5.60 Å². The molecule has 2 fully saturated rings. The van der Waals surface area contributed by atoms with Crippen LogP contribution in [0.15, 0.2) is 12.2 Å². The minimum atomic E-state index is -0.446. The fourth-order valence-electron chi connectivity index (χ4n) is 4.34. The molecule has 5 nitrogen and oxygen atoms in total. The first-order chi connectivity index (χ1) is 11.8. The molecule has 2 atom stereocenters. The van der Waals surface area contributed by atoms with Crippen molar-refractivity contribution in [2.24, 2.45) is 17.8 Å². The van der Waals surface area contributed by atoms with Crippen molar-refractivity contribution in [2.45, 2.75) is 58.5 Å². The molecule has 140 valence electrons. The Morgan fingerprint density at radius 1 is 0.960 bits per heavy atom. The first-order valence-corrected chi connectivity index (χ1v) is 9.75. The van der Waals surface area contributed by atoms with Crippen LogP contribution < -0.4 is 0 Å². The van der Waals surface area contributed by atoms with E-state index >= 15 is 0 Å². The van der Waals surface area contributed by atoms with Crippen molar-refractivity contribution in [1.29, 1.82) is 0 Å². The predicted molar refractivity (Wildman–Crippen MR) is 97.1 cm³/mol. The van der Waals surface area contributed by atoms with Gasteiger partial charge in [-0.15, -0.1) is 0 Å². The summed E-state index contributed by atoms with van der Waals surface area (Å²) in [5.41, 5.74) is -0.446. The van der Waals surface area contributed by atoms with E-state index in [9.17, 15) is 9.59 Å². The van der Waals surface area contributed by atoms with Crippen molar-refractivity contribution in [3.63, 3.8) is 0 Å². The third-order valence-electron chi connectivity index (χ3n) is 5.67. The Hall–Kier alpha value is -1.52. The second kappa shape index (κ2) is 7.38. The van der Waals surface area contributed by atoms with Crippen LogP contribution in [0.25, 0.3) is 0 Å². The number of nitrogens with zero attached hydrogens (tertiary/aromatic N) is 2. The fraction of sp³-hybridized carbons (Fsp3) is 0.800. The van der Waals surface area contributed by atoms with E-state index in [1.807, 2.05) is 25.7 Å². The highest BCUT2D eigenvalue weighted by Gasteiger charge is 2.37. The van der Waals surface area contributed by atoms with Gasteiger partial charge in [0.05, 0.1) is 0 Å². The number of carbonyl (C=O) groups is 2. The number of allylic oxidation sites excluding steroid dienone is 2. The van der Waals surface area contributed by atoms with Gasteiger partial charge in [-0.3, -0.25) is 4.79 Å². The standard InChI is InChI=1S/C20H32N2O3/c1-20(2,3)25-19(24)22-12-10-17(14-22)16-9-6-11-21(13-16)18(23)15-7-4-5-8-15/h4-5,15-17H,6-14H2,1-3H3/t16-,17+/m1/s1. The molecule has 1 aliphatic carbocycles. The van der Waals surface area contributed by atoms with Gasteiger partial charge >= 0.3 is 6.09 Å². The summed E-state index contributed by atoms with van der Waals surface area (Å²) in [6.45, 7) is 9.02. The van der Waals surface area contributed by atoms with Crippen LogP contribution in [-0.2, 0) is 9.53 Å². The number of amides is 2. The topological polar surface area (TPSA) is 49.9 Å². The maximum Gasteiger partial charge on any atom is 0.410 e. The van der Waals surface area contributed by atoms with Crippen LogP contribution >= 0.6 is 0 Å². The van der Waals surface area contributed by atoms with Crippen LogP contribution in [0.2, 0.25) is 0 Å². The molecule has 2 aliphatic heterocycles. The third-order valence-corrected chi connectivity index (χ3v) is 5.67. The number of rotatable bonds is 2. The molecule has 0 aromatic carbocycles. The molecule has 0 bridgehead atoms. The molecule has 0 N–H and O–H groups in total. The molecular weight excluding hydrogens is 316 g/mol. The fourth-order valence-corrected chi connectivity index (χ4v) is 4.34. The van der Waals surface area contributed by atoms with Gasteiger partial charge in [0, 0.05) is 32.1 Å². The smallest absolute Gasteiger partial charge is 0.410 e. The quantitative estimate of drug-likeness (QED) is 0.718. The van der Waals surface area contributed by atoms with Gasteiger partial charge in [0.2, 0.25) is 5.91 Å². The Labute approximate surface area is 151 Å². The van der Waals surface area contributed by atoms with E-state index in [4.69, 9.17) is 4.74 Å². The summed E-state index contributed by atoms with van der Waals surface area (Å²) in [6.07, 6.45) is 9.12. The second-order valence-corrected chi connectivity index (χ2v) is 8.80. The van der Waals surface area contributed by atoms with Gasteiger partial charge in [-0.25, -0.2) is 4.79 Å². The summed E-state index contributed by atoms with van der Waals surface area (Å²) >= 11 is 0. The first-order valence-electron chi connectivity index (χ1n) is 9.75. The molecular formula is C20H32N2O3. The molecule has 0 radical (unpaired) electrons. The van der Waals surface area contributed by atoms with Crippen molar-refractivity contribution >= 4 is 12.0 Å². The summed E-state index contributed by atoms with van der Waals surface area (Å²) in [5, 5.41) is 0. The molecule has 2 saturated heterocycles. The lowest BCUT2D eigenvalue weighted by Crippen LogP contribution is -2.45. The van der Waals surface area contributed by atoms with Gasteiger partial charge in [-0.2, -0.15) is 0 Å². The van der Waals surface area contributed by atoms with Crippen molar-refractivity contribution in [2.75, 3.05) is 26.2 Å². The Kier molecular flexibility index (Phi) is 5.40. The average molecular weight is 348 g/mol. The van der Waals surface area contributed by atoms with Gasteiger partial charge < -0.3 is 14.5 Å². The molecule has 5 heteroatoms. The summed E-state index contributed by atoms with van der Waals surface area (Å²) in [5.74, 6) is 1.50. The van der Waals surface area contributed by atoms with Crippen LogP contribution in [0.4, 0.5) is 4.79 Å². The minimum absolute atomic E-state index is 0.167. The number of hydrogen-bond acceptors (Lipinski definition) is 3. The van der Waals surface area contributed by atoms with E-state index in [-0.39, 0.29) is 12.0 Å². The third kappa shape index (κ3) is 4.56. The van der Waals surface area contributed by atoms with Gasteiger partial charge in [-0.05, 0) is 64.7 Å². The lowest BCUT2D eigenvalue weighted by molar-refractivity contribution is -0.137. The van der Waals surface area contributed by atoms with Crippen LogP contribution in [0.3, 0.4) is 0 Å². The SMILES string of the molecule is CC(C)(C)OC(=O)N1CC[C@H]([C@@H]2CCCN(C(=O)C3CC=CC3)C2)C1. The van der Waals surface area contributed by atoms with Crippen molar-refractivity contribution in [3.8, 4) is 0 Å². The highest BCUT2D eigenvalue weighted by atomic mass is 16.6. The van der Waals surface area contributed by atoms with Gasteiger partial charge in [-0.1, -0.05) is 12.2 Å². The van der Waals surface area contributed by atoms with E-state index in [0.717, 1.165) is 51.9 Å². The number of piperidine rings is 1. The zero-order valence-electron chi connectivity index (χ0n) is 15.9. The number of hydrogen-bond donors (Lipinski definition) is 0. The minimum Gasteiger partial charge on any atom is -0.444 e. The summed E-state index contributed by atoms with van der Waals surface area (Å²) in [7, 11) is 0. The van der Waals surface area contributed by atoms with E-state index in [2.05, 4.69) is 17.1 Å². The van der Waals surface area contributed by atoms with Gasteiger partial charge in [0.15, 0.2) is 0 Å². The first kappa shape index (κ1) is 18.3. The molecule has 2 heterocycles. The number of likely N-dealkylation sites (tertiary alicyclic amines) is 2. The molecule has 2 amide bonds. The number of carbonyl (C=O) groups excluding carboxylic acids is 2. The lowest BCUT2D eigenvalue weighted by atomic mass is 9.84. The normalized spacial score (nSPS) is 27.8. The van der Waals surface area contributed by atoms with Crippen molar-refractivity contribution < 1.29 is 14.3 Å². The van der Waals surface area contributed by atoms with Crippen LogP contribution in [-0.4, -0.2) is 53.6 Å². The molecule has 0 spiro atoms. The number of ether oxygens (including phenoxy) is 1. The molecule has 0 aromatic heterocycles. The largest absolute Gasteiger partial charge is 0.444 e. The molecule has 0 saturated carbocycles. The van der Waals surface area contributed by atoms with Crippen molar-refractivity contribution in [3.05, 3.63) is 12.2 Å². The maximum atomic E-state index is 12.7. The average Bonchev–Trinajstić information content (AvgIpc) is 3.24. The molecule has 25 heavy (non-hydrogen) atoms. The van der Waals surface area contributed by atoms with Crippen LogP contribution in [0.5, 0.6) is 0 Å². The summed E-state index contributed by atoms with van der Waals surface area (Å²) in [6, 6.07) is 0. The lowest BCUT2D eigenvalue weighted by Gasteiger charge is -2.37. The molecule has 3 aliphatic rings. The van der Waals surface area contributed by atoms with Gasteiger partial charge in [0.1, 0.15) is 5.60 Å². The van der Waals surface area contributed by atoms with E-state index in [1.54, 1.807) is 0 Å². The Bertz CT molecular complexity index is 530. The highest BCUT2D eigenvalue weighted by molar-refractivity contribution is 5.79.